The van der Waals surface area contributed by atoms with Gasteiger partial charge in [0.1, 0.15) is 0 Å². The van der Waals surface area contributed by atoms with Crippen LogP contribution in [0.5, 0.6) is 0 Å². The lowest BCUT2D eigenvalue weighted by molar-refractivity contribution is 0.244. The van der Waals surface area contributed by atoms with E-state index in [0.717, 1.165) is 30.1 Å². The maximum atomic E-state index is 9.10. The summed E-state index contributed by atoms with van der Waals surface area (Å²) >= 11 is 6.41. The van der Waals surface area contributed by atoms with Gasteiger partial charge in [-0.25, -0.2) is 0 Å². The third kappa shape index (κ3) is 3.66. The van der Waals surface area contributed by atoms with Crippen molar-refractivity contribution in [1.82, 2.24) is 5.32 Å². The Morgan fingerprint density at radius 3 is 2.95 bits per heavy atom. The summed E-state index contributed by atoms with van der Waals surface area (Å²) in [6.45, 7) is 4.51. The number of nitrogens with zero attached hydrogens (tertiary/aromatic N) is 1. The van der Waals surface area contributed by atoms with E-state index in [2.05, 4.69) is 35.3 Å². The molecule has 2 N–H and O–H groups in total. The van der Waals surface area contributed by atoms with Gasteiger partial charge < -0.3 is 15.3 Å². The van der Waals surface area contributed by atoms with Crippen molar-refractivity contribution in [2.45, 2.75) is 32.2 Å². The van der Waals surface area contributed by atoms with Gasteiger partial charge >= 0.3 is 0 Å². The lowest BCUT2D eigenvalue weighted by Crippen LogP contribution is -2.35. The predicted octanol–water partition coefficient (Wildman–Crippen LogP) is 3.22. The minimum Gasteiger partial charge on any atom is -0.396 e. The van der Waals surface area contributed by atoms with Crippen LogP contribution in [0.15, 0.2) is 18.2 Å². The number of anilines is 1. The second-order valence-electron chi connectivity index (χ2n) is 5.68. The van der Waals surface area contributed by atoms with E-state index in [-0.39, 0.29) is 12.6 Å². The highest BCUT2D eigenvalue weighted by atomic mass is 35.5. The topological polar surface area (TPSA) is 35.5 Å². The molecule has 0 bridgehead atoms. The van der Waals surface area contributed by atoms with Gasteiger partial charge in [-0.3, -0.25) is 0 Å². The highest BCUT2D eigenvalue weighted by molar-refractivity contribution is 6.31. The fraction of sp³-hybridized carbons (Fsp3) is 0.625. The maximum absolute atomic E-state index is 9.10. The van der Waals surface area contributed by atoms with Gasteiger partial charge in [-0.2, -0.15) is 0 Å². The van der Waals surface area contributed by atoms with Crippen LogP contribution in [-0.4, -0.2) is 31.9 Å². The first kappa shape index (κ1) is 15.6. The standard InChI is InChI=1S/C16H25ClN2O/c1-12(18-2)15-6-5-14(10-16(15)17)19-8-3-4-13(11-19)7-9-20/h5-6,10,12-13,18,20H,3-4,7-9,11H2,1-2H3. The second kappa shape index (κ2) is 7.30. The van der Waals surface area contributed by atoms with Crippen molar-refractivity contribution in [1.29, 1.82) is 0 Å². The zero-order valence-corrected chi connectivity index (χ0v) is 13.2. The van der Waals surface area contributed by atoms with Crippen molar-refractivity contribution >= 4 is 17.3 Å². The van der Waals surface area contributed by atoms with E-state index < -0.39 is 0 Å². The predicted molar refractivity (Wildman–Crippen MR) is 85.6 cm³/mol. The zero-order valence-electron chi connectivity index (χ0n) is 12.4. The van der Waals surface area contributed by atoms with Crippen molar-refractivity contribution in [3.63, 3.8) is 0 Å². The molecule has 1 aromatic carbocycles. The molecule has 1 fully saturated rings. The molecule has 20 heavy (non-hydrogen) atoms. The third-order valence-electron chi connectivity index (χ3n) is 4.31. The monoisotopic (exact) mass is 296 g/mol. The van der Waals surface area contributed by atoms with Crippen LogP contribution < -0.4 is 10.2 Å². The van der Waals surface area contributed by atoms with Crippen LogP contribution in [0.3, 0.4) is 0 Å². The van der Waals surface area contributed by atoms with Crippen molar-refractivity contribution < 1.29 is 5.11 Å². The van der Waals surface area contributed by atoms with Gasteiger partial charge in [0.05, 0.1) is 0 Å². The Kier molecular flexibility index (Phi) is 5.70. The van der Waals surface area contributed by atoms with Crippen LogP contribution in [0.2, 0.25) is 5.02 Å². The first-order chi connectivity index (χ1) is 9.65. The molecule has 1 aliphatic rings. The summed E-state index contributed by atoms with van der Waals surface area (Å²) in [4.78, 5) is 2.39. The number of hydrogen-bond acceptors (Lipinski definition) is 3. The normalized spacial score (nSPS) is 21.0. The van der Waals surface area contributed by atoms with E-state index in [4.69, 9.17) is 16.7 Å². The number of aliphatic hydroxyl groups excluding tert-OH is 1. The average Bonchev–Trinajstić information content (AvgIpc) is 2.47. The Labute approximate surface area is 126 Å². The van der Waals surface area contributed by atoms with E-state index in [9.17, 15) is 0 Å². The summed E-state index contributed by atoms with van der Waals surface area (Å²) in [5.41, 5.74) is 2.34. The van der Waals surface area contributed by atoms with Crippen LogP contribution >= 0.6 is 11.6 Å². The number of hydrogen-bond donors (Lipinski definition) is 2. The molecule has 112 valence electrons. The first-order valence-electron chi connectivity index (χ1n) is 7.48. The van der Waals surface area contributed by atoms with Gasteiger partial charge in [0.2, 0.25) is 0 Å². The van der Waals surface area contributed by atoms with Crippen LogP contribution in [0, 0.1) is 5.92 Å². The number of aliphatic hydroxyl groups is 1. The quantitative estimate of drug-likeness (QED) is 0.876. The average molecular weight is 297 g/mol. The van der Waals surface area contributed by atoms with E-state index in [1.54, 1.807) is 0 Å². The molecule has 2 rings (SSSR count). The van der Waals surface area contributed by atoms with Crippen LogP contribution in [0.25, 0.3) is 0 Å². The maximum Gasteiger partial charge on any atom is 0.0474 e. The number of piperidine rings is 1. The summed E-state index contributed by atoms with van der Waals surface area (Å²) in [6, 6.07) is 6.62. The summed E-state index contributed by atoms with van der Waals surface area (Å²) in [7, 11) is 1.94. The molecule has 0 radical (unpaired) electrons. The number of halogens is 1. The van der Waals surface area contributed by atoms with Crippen LogP contribution in [-0.2, 0) is 0 Å². The molecule has 0 aromatic heterocycles. The number of rotatable bonds is 5. The van der Waals surface area contributed by atoms with Crippen molar-refractivity contribution in [3.05, 3.63) is 28.8 Å². The highest BCUT2D eigenvalue weighted by Gasteiger charge is 2.20. The molecule has 1 aromatic rings. The molecular weight excluding hydrogens is 272 g/mol. The molecule has 4 heteroatoms. The summed E-state index contributed by atoms with van der Waals surface area (Å²) < 4.78 is 0. The van der Waals surface area contributed by atoms with Crippen molar-refractivity contribution in [2.75, 3.05) is 31.6 Å². The molecule has 1 saturated heterocycles. The lowest BCUT2D eigenvalue weighted by Gasteiger charge is -2.34. The largest absolute Gasteiger partial charge is 0.396 e. The van der Waals surface area contributed by atoms with Crippen molar-refractivity contribution in [3.8, 4) is 0 Å². The van der Waals surface area contributed by atoms with Crippen LogP contribution in [0.4, 0.5) is 5.69 Å². The third-order valence-corrected chi connectivity index (χ3v) is 4.63. The molecule has 0 saturated carbocycles. The Morgan fingerprint density at radius 1 is 1.50 bits per heavy atom. The lowest BCUT2D eigenvalue weighted by atomic mass is 9.94. The van der Waals surface area contributed by atoms with E-state index >= 15 is 0 Å². The van der Waals surface area contributed by atoms with Crippen LogP contribution in [0.1, 0.15) is 37.8 Å². The van der Waals surface area contributed by atoms with Gasteiger partial charge in [-0.05, 0) is 56.8 Å². The summed E-state index contributed by atoms with van der Waals surface area (Å²) in [5, 5.41) is 13.1. The van der Waals surface area contributed by atoms with Crippen molar-refractivity contribution in [2.24, 2.45) is 5.92 Å². The zero-order chi connectivity index (χ0) is 14.5. The van der Waals surface area contributed by atoms with Gasteiger partial charge in [-0.15, -0.1) is 0 Å². The molecular formula is C16H25ClN2O. The molecule has 2 atom stereocenters. The molecule has 3 nitrogen and oxygen atoms in total. The first-order valence-corrected chi connectivity index (χ1v) is 7.86. The smallest absolute Gasteiger partial charge is 0.0474 e. The number of benzene rings is 1. The molecule has 0 aliphatic carbocycles. The van der Waals surface area contributed by atoms with Gasteiger partial charge in [0.15, 0.2) is 0 Å². The highest BCUT2D eigenvalue weighted by Crippen LogP contribution is 2.30. The molecule has 2 unspecified atom stereocenters. The van der Waals surface area contributed by atoms with E-state index in [1.165, 1.54) is 18.5 Å². The van der Waals surface area contributed by atoms with E-state index in [0.29, 0.717) is 5.92 Å². The Balaban J connectivity index is 2.10. The molecule has 1 heterocycles. The number of nitrogens with one attached hydrogen (secondary N) is 1. The minimum absolute atomic E-state index is 0.264. The summed E-state index contributed by atoms with van der Waals surface area (Å²) in [5.74, 6) is 0.600. The Hall–Kier alpha value is -0.770. The fourth-order valence-electron chi connectivity index (χ4n) is 2.94. The van der Waals surface area contributed by atoms with Gasteiger partial charge in [0.25, 0.3) is 0 Å². The molecule has 0 spiro atoms. The molecule has 0 amide bonds. The Morgan fingerprint density at radius 2 is 2.30 bits per heavy atom. The molecule has 1 aliphatic heterocycles. The SMILES string of the molecule is CNC(C)c1ccc(N2CCCC(CCO)C2)cc1Cl. The van der Waals surface area contributed by atoms with Gasteiger partial charge in [-0.1, -0.05) is 17.7 Å². The second-order valence-corrected chi connectivity index (χ2v) is 6.09. The van der Waals surface area contributed by atoms with E-state index in [1.807, 2.05) is 7.05 Å². The Bertz CT molecular complexity index is 436. The fourth-order valence-corrected chi connectivity index (χ4v) is 3.28. The van der Waals surface area contributed by atoms with Gasteiger partial charge in [0, 0.05) is 36.4 Å². The minimum atomic E-state index is 0.264. The summed E-state index contributed by atoms with van der Waals surface area (Å²) in [6.07, 6.45) is 3.32.